The Labute approximate surface area is 153 Å². The van der Waals surface area contributed by atoms with Gasteiger partial charge in [-0.2, -0.15) is 0 Å². The Morgan fingerprint density at radius 2 is 1.65 bits per heavy atom. The van der Waals surface area contributed by atoms with Gasteiger partial charge in [-0.25, -0.2) is 0 Å². The van der Waals surface area contributed by atoms with Crippen molar-refractivity contribution in [1.82, 2.24) is 4.90 Å². The van der Waals surface area contributed by atoms with Crippen molar-refractivity contribution in [3.63, 3.8) is 0 Å². The maximum absolute atomic E-state index is 13.5. The van der Waals surface area contributed by atoms with E-state index in [1.165, 1.54) is 12.0 Å². The van der Waals surface area contributed by atoms with Gasteiger partial charge in [0, 0.05) is 25.2 Å². The van der Waals surface area contributed by atoms with Crippen molar-refractivity contribution in [2.45, 2.75) is 56.8 Å². The van der Waals surface area contributed by atoms with Crippen LogP contribution in [0.15, 0.2) is 24.3 Å². The lowest BCUT2D eigenvalue weighted by Crippen LogP contribution is -2.59. The predicted molar refractivity (Wildman–Crippen MR) is 97.7 cm³/mol. The molecule has 0 spiro atoms. The van der Waals surface area contributed by atoms with Gasteiger partial charge in [0.2, 0.25) is 5.91 Å². The lowest BCUT2D eigenvalue weighted by Gasteiger charge is -2.62. The highest BCUT2D eigenvalue weighted by Crippen LogP contribution is 2.66. The number of nitro groups is 1. The molecule has 0 aromatic heterocycles. The summed E-state index contributed by atoms with van der Waals surface area (Å²) in [6, 6.07) is 7.20. The molecular formula is C21H26N2O3. The van der Waals surface area contributed by atoms with Crippen LogP contribution in [-0.4, -0.2) is 28.8 Å². The number of likely N-dealkylation sites (tertiary alicyclic amines) is 1. The molecule has 4 saturated carbocycles. The van der Waals surface area contributed by atoms with Gasteiger partial charge >= 0.3 is 0 Å². The zero-order valence-corrected chi connectivity index (χ0v) is 15.2. The lowest BCUT2D eigenvalue weighted by atomic mass is 9.42. The molecule has 1 saturated heterocycles. The second-order valence-electron chi connectivity index (χ2n) is 9.32. The molecule has 0 N–H and O–H groups in total. The van der Waals surface area contributed by atoms with Crippen LogP contribution in [0.4, 0.5) is 5.69 Å². The Kier molecular flexibility index (Phi) is 3.47. The van der Waals surface area contributed by atoms with Crippen molar-refractivity contribution in [2.75, 3.05) is 13.1 Å². The summed E-state index contributed by atoms with van der Waals surface area (Å²) in [6.45, 7) is 1.86. The smallest absolute Gasteiger partial charge is 0.269 e. The highest BCUT2D eigenvalue weighted by molar-refractivity contribution is 5.84. The molecule has 1 heterocycles. The summed E-state index contributed by atoms with van der Waals surface area (Å²) in [5, 5.41) is 11.0. The van der Waals surface area contributed by atoms with Crippen LogP contribution in [0, 0.1) is 27.4 Å². The van der Waals surface area contributed by atoms with E-state index in [2.05, 4.69) is 4.90 Å². The molecule has 0 unspecified atom stereocenters. The minimum atomic E-state index is -0.331. The number of amides is 1. The first-order chi connectivity index (χ1) is 12.5. The molecule has 1 aliphatic heterocycles. The van der Waals surface area contributed by atoms with Crippen LogP contribution in [0.5, 0.6) is 0 Å². The van der Waals surface area contributed by atoms with Gasteiger partial charge in [-0.1, -0.05) is 12.1 Å². The first-order valence-corrected chi connectivity index (χ1v) is 10.0. The second-order valence-corrected chi connectivity index (χ2v) is 9.32. The van der Waals surface area contributed by atoms with Crippen molar-refractivity contribution in [3.8, 4) is 0 Å². The number of non-ortho nitro benzene ring substituents is 1. The number of hydrogen-bond donors (Lipinski definition) is 0. The van der Waals surface area contributed by atoms with E-state index < -0.39 is 0 Å². The van der Waals surface area contributed by atoms with Gasteiger partial charge in [0.1, 0.15) is 0 Å². The highest BCUT2D eigenvalue weighted by Gasteiger charge is 2.61. The van der Waals surface area contributed by atoms with E-state index in [-0.39, 0.29) is 21.4 Å². The zero-order chi connectivity index (χ0) is 17.9. The fourth-order valence-corrected chi connectivity index (χ4v) is 7.04. The Bertz CT molecular complexity index is 737. The number of hydrogen-bond acceptors (Lipinski definition) is 3. The van der Waals surface area contributed by atoms with Crippen molar-refractivity contribution in [2.24, 2.45) is 17.3 Å². The summed E-state index contributed by atoms with van der Waals surface area (Å²) in [5.41, 5.74) is 1.25. The third kappa shape index (κ3) is 2.32. The number of rotatable bonds is 3. The van der Waals surface area contributed by atoms with Gasteiger partial charge in [-0.05, 0) is 74.2 Å². The predicted octanol–water partition coefficient (Wildman–Crippen LogP) is 4.06. The third-order valence-electron chi connectivity index (χ3n) is 7.60. The van der Waals surface area contributed by atoms with Gasteiger partial charge in [-0.15, -0.1) is 0 Å². The van der Waals surface area contributed by atoms with Crippen LogP contribution in [0.3, 0.4) is 0 Å². The van der Waals surface area contributed by atoms with E-state index in [9.17, 15) is 14.9 Å². The SMILES string of the molecule is O=C(N1CCCC1)C12C[C@@H]3C[C@@H](C1)CC(c1ccc([N+](=O)[O-])cc1)(C3)C2. The van der Waals surface area contributed by atoms with Gasteiger partial charge in [-0.3, -0.25) is 14.9 Å². The minimum Gasteiger partial charge on any atom is -0.342 e. The number of benzene rings is 1. The summed E-state index contributed by atoms with van der Waals surface area (Å²) < 4.78 is 0. The van der Waals surface area contributed by atoms with Crippen molar-refractivity contribution in [3.05, 3.63) is 39.9 Å². The molecule has 26 heavy (non-hydrogen) atoms. The van der Waals surface area contributed by atoms with Gasteiger partial charge < -0.3 is 4.90 Å². The molecule has 4 aliphatic carbocycles. The molecule has 5 heteroatoms. The van der Waals surface area contributed by atoms with Gasteiger partial charge in [0.05, 0.1) is 10.3 Å². The van der Waals surface area contributed by atoms with Crippen molar-refractivity contribution in [1.29, 1.82) is 0 Å². The van der Waals surface area contributed by atoms with Gasteiger partial charge in [0.15, 0.2) is 0 Å². The van der Waals surface area contributed by atoms with E-state index in [1.807, 2.05) is 12.1 Å². The Morgan fingerprint density at radius 3 is 2.23 bits per heavy atom. The van der Waals surface area contributed by atoms with Crippen LogP contribution in [0.25, 0.3) is 0 Å². The molecule has 138 valence electrons. The van der Waals surface area contributed by atoms with Crippen LogP contribution in [0.2, 0.25) is 0 Å². The van der Waals surface area contributed by atoms with E-state index in [0.29, 0.717) is 17.7 Å². The quantitative estimate of drug-likeness (QED) is 0.607. The maximum Gasteiger partial charge on any atom is 0.269 e. The summed E-state index contributed by atoms with van der Waals surface area (Å²) in [7, 11) is 0. The first-order valence-electron chi connectivity index (χ1n) is 10.0. The zero-order valence-electron chi connectivity index (χ0n) is 15.2. The second kappa shape index (κ2) is 5.54. The Morgan fingerprint density at radius 1 is 1.04 bits per heavy atom. The molecule has 5 nitrogen and oxygen atoms in total. The number of carbonyl (C=O) groups is 1. The van der Waals surface area contributed by atoms with Crippen molar-refractivity contribution < 1.29 is 9.72 Å². The number of nitrogens with zero attached hydrogens (tertiary/aromatic N) is 2. The fraction of sp³-hybridized carbons (Fsp3) is 0.667. The first kappa shape index (κ1) is 16.3. The third-order valence-corrected chi connectivity index (χ3v) is 7.60. The number of carbonyl (C=O) groups excluding carboxylic acids is 1. The van der Waals surface area contributed by atoms with E-state index in [4.69, 9.17) is 0 Å². The molecule has 6 rings (SSSR count). The average molecular weight is 354 g/mol. The highest BCUT2D eigenvalue weighted by atomic mass is 16.6. The monoisotopic (exact) mass is 354 g/mol. The average Bonchev–Trinajstić information content (AvgIpc) is 3.14. The maximum atomic E-state index is 13.5. The van der Waals surface area contributed by atoms with E-state index in [1.54, 1.807) is 12.1 Å². The van der Waals surface area contributed by atoms with Crippen molar-refractivity contribution >= 4 is 11.6 Å². The Balaban J connectivity index is 1.50. The lowest BCUT2D eigenvalue weighted by molar-refractivity contribution is -0.384. The largest absolute Gasteiger partial charge is 0.342 e. The number of nitro benzene ring substituents is 1. The van der Waals surface area contributed by atoms with E-state index in [0.717, 1.165) is 58.0 Å². The van der Waals surface area contributed by atoms with Crippen LogP contribution >= 0.6 is 0 Å². The molecule has 4 bridgehead atoms. The topological polar surface area (TPSA) is 63.5 Å². The molecule has 1 aromatic rings. The molecular weight excluding hydrogens is 328 g/mol. The van der Waals surface area contributed by atoms with Crippen LogP contribution < -0.4 is 0 Å². The summed E-state index contributed by atoms with van der Waals surface area (Å²) in [5.74, 6) is 1.69. The van der Waals surface area contributed by atoms with Gasteiger partial charge in [0.25, 0.3) is 5.69 Å². The van der Waals surface area contributed by atoms with E-state index >= 15 is 0 Å². The normalized spacial score (nSPS) is 37.9. The van der Waals surface area contributed by atoms with Crippen LogP contribution in [-0.2, 0) is 10.2 Å². The molecule has 5 aliphatic rings. The molecule has 1 amide bonds. The van der Waals surface area contributed by atoms with Crippen LogP contribution in [0.1, 0.15) is 56.9 Å². The summed E-state index contributed by atoms with van der Waals surface area (Å²) in [4.78, 5) is 26.2. The molecule has 5 fully saturated rings. The fourth-order valence-electron chi connectivity index (χ4n) is 7.04. The molecule has 2 atom stereocenters. The minimum absolute atomic E-state index is 0.0502. The standard InChI is InChI=1S/C21H26N2O3/c24-19(22-7-1-2-8-22)21-12-15-9-16(13-21)11-20(10-15,14-21)17-3-5-18(6-4-17)23(25)26/h3-6,15-16H,1-2,7-14H2/t15-,16-,20?,21?/m1/s1. The summed E-state index contributed by atoms with van der Waals surface area (Å²) >= 11 is 0. The Hall–Kier alpha value is -1.91. The molecule has 0 radical (unpaired) electrons. The molecule has 1 aromatic carbocycles. The summed E-state index contributed by atoms with van der Waals surface area (Å²) in [6.07, 6.45) is 8.92.